The molecule has 0 aromatic heterocycles. The molecule has 0 bridgehead atoms. The van der Waals surface area contributed by atoms with Gasteiger partial charge in [0, 0.05) is 19.2 Å². The molecule has 33 heavy (non-hydrogen) atoms. The first-order chi connectivity index (χ1) is 16.2. The number of ether oxygens (including phenoxy) is 2. The van der Waals surface area contributed by atoms with Gasteiger partial charge in [-0.1, -0.05) is 54.6 Å². The predicted octanol–water partition coefficient (Wildman–Crippen LogP) is 3.80. The van der Waals surface area contributed by atoms with Crippen LogP contribution in [0.25, 0.3) is 5.57 Å². The second-order valence-electron chi connectivity index (χ2n) is 8.30. The molecule has 0 saturated carbocycles. The number of rotatable bonds is 3. The molecule has 0 saturated heterocycles. The summed E-state index contributed by atoms with van der Waals surface area (Å²) in [7, 11) is 0. The molecule has 0 fully saturated rings. The van der Waals surface area contributed by atoms with Crippen molar-refractivity contribution in [3.05, 3.63) is 95.2 Å². The zero-order valence-electron chi connectivity index (χ0n) is 18.0. The summed E-state index contributed by atoms with van der Waals surface area (Å²) in [6.45, 7) is 2.19. The third kappa shape index (κ3) is 3.26. The van der Waals surface area contributed by atoms with Gasteiger partial charge in [0.15, 0.2) is 11.5 Å². The fraction of sp³-hybridized carbons (Fsp3) is 0.185. The van der Waals surface area contributed by atoms with E-state index in [0.717, 1.165) is 12.0 Å². The summed E-state index contributed by atoms with van der Waals surface area (Å²) < 4.78 is 11.3. The number of nitrogens with zero attached hydrogens (tertiary/aromatic N) is 2. The number of amides is 2. The molecule has 2 amide bonds. The van der Waals surface area contributed by atoms with E-state index in [2.05, 4.69) is 12.1 Å². The molecule has 0 N–H and O–H groups in total. The van der Waals surface area contributed by atoms with Gasteiger partial charge in [-0.3, -0.25) is 9.59 Å². The molecule has 0 unspecified atom stereocenters. The second kappa shape index (κ2) is 7.81. The highest BCUT2D eigenvalue weighted by molar-refractivity contribution is 6.45. The molecular weight excluding hydrogens is 416 g/mol. The highest BCUT2D eigenvalue weighted by Crippen LogP contribution is 2.40. The van der Waals surface area contributed by atoms with Gasteiger partial charge in [-0.05, 0) is 35.2 Å². The highest BCUT2D eigenvalue weighted by atomic mass is 16.6. The number of carbonyl (C=O) groups is 2. The molecule has 0 aliphatic carbocycles. The third-order valence-corrected chi connectivity index (χ3v) is 6.35. The molecule has 0 atom stereocenters. The Bertz CT molecular complexity index is 1300. The quantitative estimate of drug-likeness (QED) is 0.583. The lowest BCUT2D eigenvalue weighted by Crippen LogP contribution is -2.37. The average Bonchev–Trinajstić information content (AvgIpc) is 3.13. The molecule has 3 aromatic carbocycles. The minimum absolute atomic E-state index is 0.310. The van der Waals surface area contributed by atoms with E-state index in [0.29, 0.717) is 54.8 Å². The van der Waals surface area contributed by atoms with Crippen molar-refractivity contribution in [2.75, 3.05) is 24.7 Å². The summed E-state index contributed by atoms with van der Waals surface area (Å²) in [6.07, 6.45) is 0.827. The fourth-order valence-electron chi connectivity index (χ4n) is 4.77. The van der Waals surface area contributed by atoms with E-state index in [-0.39, 0.29) is 11.8 Å². The van der Waals surface area contributed by atoms with Crippen molar-refractivity contribution in [1.29, 1.82) is 0 Å². The van der Waals surface area contributed by atoms with E-state index in [9.17, 15) is 9.59 Å². The van der Waals surface area contributed by atoms with Gasteiger partial charge >= 0.3 is 0 Å². The van der Waals surface area contributed by atoms with Crippen molar-refractivity contribution in [2.24, 2.45) is 0 Å². The van der Waals surface area contributed by atoms with Gasteiger partial charge in [0.05, 0.1) is 11.3 Å². The SMILES string of the molecule is O=C1C(c2ccccc2)=C(N2CCc3ccccc3C2)C(=O)N1c1ccc2c(c1)OCCO2. The standard InChI is InChI=1S/C27H22N2O4/c30-26-24(19-7-2-1-3-8-19)25(28-13-12-18-6-4-5-9-20(18)17-28)27(31)29(26)21-10-11-22-23(16-21)33-15-14-32-22/h1-11,16H,12-15,17H2. The van der Waals surface area contributed by atoms with Gasteiger partial charge in [-0.2, -0.15) is 0 Å². The van der Waals surface area contributed by atoms with Crippen LogP contribution in [-0.4, -0.2) is 36.5 Å². The van der Waals surface area contributed by atoms with Crippen molar-refractivity contribution < 1.29 is 19.1 Å². The van der Waals surface area contributed by atoms with E-state index in [1.165, 1.54) is 16.0 Å². The summed E-state index contributed by atoms with van der Waals surface area (Å²) in [5.41, 5.74) is 4.59. The topological polar surface area (TPSA) is 59.1 Å². The highest BCUT2D eigenvalue weighted by Gasteiger charge is 2.43. The van der Waals surface area contributed by atoms with Crippen molar-refractivity contribution >= 4 is 23.1 Å². The maximum Gasteiger partial charge on any atom is 0.282 e. The normalized spacial score (nSPS) is 17.5. The van der Waals surface area contributed by atoms with Gasteiger partial charge in [0.25, 0.3) is 11.8 Å². The zero-order valence-corrected chi connectivity index (χ0v) is 18.0. The Kier molecular flexibility index (Phi) is 4.64. The van der Waals surface area contributed by atoms with Gasteiger partial charge in [0.1, 0.15) is 18.9 Å². The van der Waals surface area contributed by atoms with E-state index in [4.69, 9.17) is 9.47 Å². The maximum absolute atomic E-state index is 13.8. The van der Waals surface area contributed by atoms with Crippen molar-refractivity contribution in [2.45, 2.75) is 13.0 Å². The Labute approximate surface area is 191 Å². The minimum atomic E-state index is -0.322. The number of fused-ring (bicyclic) bond motifs is 2. The van der Waals surface area contributed by atoms with Crippen LogP contribution in [0.15, 0.2) is 78.5 Å². The van der Waals surface area contributed by atoms with Gasteiger partial charge in [-0.15, -0.1) is 0 Å². The first-order valence-corrected chi connectivity index (χ1v) is 11.1. The average molecular weight is 438 g/mol. The van der Waals surface area contributed by atoms with E-state index < -0.39 is 0 Å². The molecule has 3 aliphatic heterocycles. The zero-order chi connectivity index (χ0) is 22.4. The number of benzene rings is 3. The molecule has 6 rings (SSSR count). The largest absolute Gasteiger partial charge is 0.486 e. The van der Waals surface area contributed by atoms with Crippen molar-refractivity contribution in [3.8, 4) is 11.5 Å². The Morgan fingerprint density at radius 2 is 1.45 bits per heavy atom. The monoisotopic (exact) mass is 438 g/mol. The molecule has 164 valence electrons. The molecular formula is C27H22N2O4. The molecule has 3 heterocycles. The predicted molar refractivity (Wildman–Crippen MR) is 124 cm³/mol. The van der Waals surface area contributed by atoms with Crippen LogP contribution >= 0.6 is 0 Å². The van der Waals surface area contributed by atoms with Crippen molar-refractivity contribution in [1.82, 2.24) is 4.90 Å². The molecule has 3 aliphatic rings. The lowest BCUT2D eigenvalue weighted by Gasteiger charge is -2.31. The van der Waals surface area contributed by atoms with E-state index in [1.54, 1.807) is 18.2 Å². The Balaban J connectivity index is 1.43. The van der Waals surface area contributed by atoms with E-state index in [1.807, 2.05) is 47.4 Å². The van der Waals surface area contributed by atoms with Crippen LogP contribution in [-0.2, 0) is 22.6 Å². The molecule has 6 heteroatoms. The van der Waals surface area contributed by atoms with Crippen LogP contribution in [0.4, 0.5) is 5.69 Å². The minimum Gasteiger partial charge on any atom is -0.486 e. The Morgan fingerprint density at radius 3 is 2.27 bits per heavy atom. The van der Waals surface area contributed by atoms with Gasteiger partial charge < -0.3 is 14.4 Å². The lowest BCUT2D eigenvalue weighted by atomic mass is 9.98. The number of imide groups is 1. The summed E-state index contributed by atoms with van der Waals surface area (Å²) in [5, 5.41) is 0. The first kappa shape index (κ1) is 19.6. The lowest BCUT2D eigenvalue weighted by molar-refractivity contribution is -0.120. The molecule has 0 radical (unpaired) electrons. The maximum atomic E-state index is 13.8. The van der Waals surface area contributed by atoms with Crippen molar-refractivity contribution in [3.63, 3.8) is 0 Å². The summed E-state index contributed by atoms with van der Waals surface area (Å²) in [4.78, 5) is 30.8. The number of hydrogen-bond acceptors (Lipinski definition) is 5. The summed E-state index contributed by atoms with van der Waals surface area (Å²) >= 11 is 0. The summed E-state index contributed by atoms with van der Waals surface area (Å²) in [6, 6.07) is 22.9. The van der Waals surface area contributed by atoms with Crippen LogP contribution in [0, 0.1) is 0 Å². The Hall–Kier alpha value is -4.06. The second-order valence-corrected chi connectivity index (χ2v) is 8.30. The number of carbonyl (C=O) groups excluding carboxylic acids is 2. The third-order valence-electron chi connectivity index (χ3n) is 6.35. The van der Waals surface area contributed by atoms with Crippen LogP contribution in [0.1, 0.15) is 16.7 Å². The first-order valence-electron chi connectivity index (χ1n) is 11.1. The fourth-order valence-corrected chi connectivity index (χ4v) is 4.77. The molecule has 0 spiro atoms. The number of hydrogen-bond donors (Lipinski definition) is 0. The van der Waals surface area contributed by atoms with Gasteiger partial charge in [0.2, 0.25) is 0 Å². The summed E-state index contributed by atoms with van der Waals surface area (Å²) in [5.74, 6) is 0.529. The number of anilines is 1. The van der Waals surface area contributed by atoms with Crippen LogP contribution in [0.5, 0.6) is 11.5 Å². The molecule has 6 nitrogen and oxygen atoms in total. The molecule has 3 aromatic rings. The van der Waals surface area contributed by atoms with Gasteiger partial charge in [-0.25, -0.2) is 4.90 Å². The van der Waals surface area contributed by atoms with Crippen LogP contribution in [0.2, 0.25) is 0 Å². The smallest absolute Gasteiger partial charge is 0.282 e. The van der Waals surface area contributed by atoms with E-state index >= 15 is 0 Å². The Morgan fingerprint density at radius 1 is 0.727 bits per heavy atom. The van der Waals surface area contributed by atoms with Crippen LogP contribution in [0.3, 0.4) is 0 Å². The van der Waals surface area contributed by atoms with Crippen LogP contribution < -0.4 is 14.4 Å².